The number of aromatic nitrogens is 1. The number of pyridine rings is 1. The number of hydrogen-bond donors (Lipinski definition) is 0. The van der Waals surface area contributed by atoms with Gasteiger partial charge >= 0.3 is 5.97 Å². The molecule has 2 aromatic rings. The van der Waals surface area contributed by atoms with E-state index in [0.29, 0.717) is 22.2 Å². The number of rotatable bonds is 6. The molecule has 24 heavy (non-hydrogen) atoms. The third-order valence-electron chi connectivity index (χ3n) is 3.21. The molecule has 2 rings (SSSR count). The Bertz CT molecular complexity index is 736. The summed E-state index contributed by atoms with van der Waals surface area (Å²) in [6, 6.07) is 10.4. The minimum absolute atomic E-state index is 0.00420. The van der Waals surface area contributed by atoms with Gasteiger partial charge in [0.2, 0.25) is 5.91 Å². The summed E-state index contributed by atoms with van der Waals surface area (Å²) in [4.78, 5) is 29.0. The smallest absolute Gasteiger partial charge is 0.325 e. The number of nitrogens with zero attached hydrogens (tertiary/aromatic N) is 2. The molecular weight excluding hydrogens is 332 g/mol. The maximum Gasteiger partial charge on any atom is 0.325 e. The molecule has 1 aromatic carbocycles. The maximum absolute atomic E-state index is 12.2. The van der Waals surface area contributed by atoms with Gasteiger partial charge in [-0.05, 0) is 30.3 Å². The molecule has 1 aromatic heterocycles. The number of benzene rings is 1. The molecule has 0 aliphatic heterocycles. The van der Waals surface area contributed by atoms with Crippen molar-refractivity contribution in [1.29, 1.82) is 0 Å². The van der Waals surface area contributed by atoms with E-state index in [1.54, 1.807) is 42.6 Å². The number of esters is 1. The van der Waals surface area contributed by atoms with E-state index in [1.165, 1.54) is 19.1 Å². The zero-order valence-corrected chi connectivity index (χ0v) is 14.1. The first kappa shape index (κ1) is 17.7. The number of methoxy groups -OCH3 is 1. The second kappa shape index (κ2) is 8.31. The lowest BCUT2D eigenvalue weighted by Gasteiger charge is -2.16. The van der Waals surface area contributed by atoms with Crippen LogP contribution in [0.25, 0.3) is 0 Å². The molecular formula is C17H17ClN2O4. The summed E-state index contributed by atoms with van der Waals surface area (Å²) in [6.07, 6.45) is 1.58. The third kappa shape index (κ3) is 4.96. The van der Waals surface area contributed by atoms with Crippen LogP contribution in [-0.4, -0.2) is 42.5 Å². The minimum atomic E-state index is -0.484. The summed E-state index contributed by atoms with van der Waals surface area (Å²) in [6.45, 7) is -0.118. The Hall–Kier alpha value is -2.60. The van der Waals surface area contributed by atoms with Crippen molar-refractivity contribution >= 4 is 23.5 Å². The van der Waals surface area contributed by atoms with Gasteiger partial charge in [0.05, 0.1) is 19.2 Å². The zero-order chi connectivity index (χ0) is 17.5. The van der Waals surface area contributed by atoms with Crippen molar-refractivity contribution in [1.82, 2.24) is 9.88 Å². The van der Waals surface area contributed by atoms with E-state index in [4.69, 9.17) is 16.3 Å². The van der Waals surface area contributed by atoms with Crippen molar-refractivity contribution in [3.8, 4) is 11.5 Å². The van der Waals surface area contributed by atoms with Gasteiger partial charge in [-0.15, -0.1) is 0 Å². The summed E-state index contributed by atoms with van der Waals surface area (Å²) < 4.78 is 10.3. The van der Waals surface area contributed by atoms with E-state index in [0.717, 1.165) is 0 Å². The van der Waals surface area contributed by atoms with Crippen LogP contribution in [0.1, 0.15) is 5.69 Å². The highest BCUT2D eigenvalue weighted by atomic mass is 35.5. The van der Waals surface area contributed by atoms with Gasteiger partial charge in [0, 0.05) is 18.3 Å². The highest BCUT2D eigenvalue weighted by Gasteiger charge is 2.17. The molecule has 0 saturated heterocycles. The number of amides is 1. The number of halogens is 1. The van der Waals surface area contributed by atoms with E-state index in [9.17, 15) is 9.59 Å². The van der Waals surface area contributed by atoms with Gasteiger partial charge in [-0.1, -0.05) is 17.7 Å². The standard InChI is InChI=1S/C17H17ClN2O4/c1-20(11-17(22)23-2)16(21)10-14-15(7-4-8-19-14)24-13-6-3-5-12(18)9-13/h3-9H,10-11H2,1-2H3. The van der Waals surface area contributed by atoms with Crippen molar-refractivity contribution < 1.29 is 19.1 Å². The van der Waals surface area contributed by atoms with Gasteiger partial charge in [-0.3, -0.25) is 14.6 Å². The molecule has 0 aliphatic carbocycles. The quantitative estimate of drug-likeness (QED) is 0.751. The summed E-state index contributed by atoms with van der Waals surface area (Å²) in [5.74, 6) is 0.254. The Kier molecular flexibility index (Phi) is 6.14. The van der Waals surface area contributed by atoms with Gasteiger partial charge in [-0.25, -0.2) is 0 Å². The first-order valence-electron chi connectivity index (χ1n) is 7.17. The predicted octanol–water partition coefficient (Wildman–Crippen LogP) is 2.70. The van der Waals surface area contributed by atoms with Crippen molar-refractivity contribution in [2.45, 2.75) is 6.42 Å². The van der Waals surface area contributed by atoms with Crippen molar-refractivity contribution in [2.75, 3.05) is 20.7 Å². The molecule has 0 spiro atoms. The lowest BCUT2D eigenvalue weighted by Crippen LogP contribution is -2.33. The molecule has 6 nitrogen and oxygen atoms in total. The highest BCUT2D eigenvalue weighted by molar-refractivity contribution is 6.30. The number of likely N-dealkylation sites (N-methyl/N-ethyl adjacent to an activating group) is 1. The van der Waals surface area contributed by atoms with Gasteiger partial charge in [-0.2, -0.15) is 0 Å². The van der Waals surface area contributed by atoms with Crippen LogP contribution < -0.4 is 4.74 Å². The first-order valence-corrected chi connectivity index (χ1v) is 7.55. The molecule has 0 unspecified atom stereocenters. The molecule has 7 heteroatoms. The fraction of sp³-hybridized carbons (Fsp3) is 0.235. The summed E-state index contributed by atoms with van der Waals surface area (Å²) in [5, 5.41) is 0.548. The largest absolute Gasteiger partial charge is 0.468 e. The number of ether oxygens (including phenoxy) is 2. The number of hydrogen-bond acceptors (Lipinski definition) is 5. The normalized spacial score (nSPS) is 10.1. The second-order valence-corrected chi connectivity index (χ2v) is 5.45. The molecule has 0 N–H and O–H groups in total. The van der Waals surface area contributed by atoms with E-state index < -0.39 is 5.97 Å². The van der Waals surface area contributed by atoms with E-state index in [1.807, 2.05) is 0 Å². The molecule has 126 valence electrons. The Morgan fingerprint density at radius 2 is 2.04 bits per heavy atom. The summed E-state index contributed by atoms with van der Waals surface area (Å²) in [5.41, 5.74) is 0.471. The first-order chi connectivity index (χ1) is 11.5. The lowest BCUT2D eigenvalue weighted by molar-refractivity contribution is -0.145. The zero-order valence-electron chi connectivity index (χ0n) is 13.4. The number of carbonyl (C=O) groups excluding carboxylic acids is 2. The van der Waals surface area contributed by atoms with Crippen LogP contribution in [0, 0.1) is 0 Å². The van der Waals surface area contributed by atoms with Gasteiger partial charge in [0.1, 0.15) is 18.0 Å². The Morgan fingerprint density at radius 3 is 2.75 bits per heavy atom. The molecule has 0 fully saturated rings. The molecule has 1 heterocycles. The fourth-order valence-electron chi connectivity index (χ4n) is 1.93. The van der Waals surface area contributed by atoms with Crippen LogP contribution >= 0.6 is 11.6 Å². The van der Waals surface area contributed by atoms with E-state index in [2.05, 4.69) is 9.72 Å². The minimum Gasteiger partial charge on any atom is -0.468 e. The average molecular weight is 349 g/mol. The molecule has 0 bridgehead atoms. The van der Waals surface area contributed by atoms with Crippen molar-refractivity contribution in [2.24, 2.45) is 0 Å². The molecule has 0 radical (unpaired) electrons. The van der Waals surface area contributed by atoms with E-state index in [-0.39, 0.29) is 18.9 Å². The van der Waals surface area contributed by atoms with Crippen LogP contribution in [0.2, 0.25) is 5.02 Å². The van der Waals surface area contributed by atoms with E-state index >= 15 is 0 Å². The average Bonchev–Trinajstić information content (AvgIpc) is 2.56. The molecule has 1 amide bonds. The highest BCUT2D eigenvalue weighted by Crippen LogP contribution is 2.26. The molecule has 0 saturated carbocycles. The van der Waals surface area contributed by atoms with Crippen molar-refractivity contribution in [3.05, 3.63) is 53.3 Å². The number of carbonyl (C=O) groups is 2. The van der Waals surface area contributed by atoms with Crippen LogP contribution in [0.5, 0.6) is 11.5 Å². The molecule has 0 atom stereocenters. The Balaban J connectivity index is 2.11. The fourth-order valence-corrected chi connectivity index (χ4v) is 2.11. The summed E-state index contributed by atoms with van der Waals surface area (Å²) >= 11 is 5.94. The van der Waals surface area contributed by atoms with Crippen LogP contribution in [0.15, 0.2) is 42.6 Å². The monoisotopic (exact) mass is 348 g/mol. The SMILES string of the molecule is COC(=O)CN(C)C(=O)Cc1ncccc1Oc1cccc(Cl)c1. The topological polar surface area (TPSA) is 68.7 Å². The van der Waals surface area contributed by atoms with Gasteiger partial charge < -0.3 is 14.4 Å². The maximum atomic E-state index is 12.2. The van der Waals surface area contributed by atoms with Crippen molar-refractivity contribution in [3.63, 3.8) is 0 Å². The Morgan fingerprint density at radius 1 is 1.25 bits per heavy atom. The Labute approximate surface area is 145 Å². The lowest BCUT2D eigenvalue weighted by atomic mass is 10.2. The molecule has 0 aliphatic rings. The third-order valence-corrected chi connectivity index (χ3v) is 3.45. The van der Waals surface area contributed by atoms with Crippen LogP contribution in [0.4, 0.5) is 0 Å². The van der Waals surface area contributed by atoms with Gasteiger partial charge in [0.25, 0.3) is 0 Å². The predicted molar refractivity (Wildman–Crippen MR) is 89.1 cm³/mol. The van der Waals surface area contributed by atoms with Crippen LogP contribution in [-0.2, 0) is 20.7 Å². The second-order valence-electron chi connectivity index (χ2n) is 5.01. The van der Waals surface area contributed by atoms with Crippen LogP contribution in [0.3, 0.4) is 0 Å². The summed E-state index contributed by atoms with van der Waals surface area (Å²) in [7, 11) is 2.80. The van der Waals surface area contributed by atoms with Gasteiger partial charge in [0.15, 0.2) is 0 Å².